The highest BCUT2D eigenvalue weighted by Gasteiger charge is 2.24. The topological polar surface area (TPSA) is 72.3 Å². The van der Waals surface area contributed by atoms with E-state index in [4.69, 9.17) is 15.0 Å². The number of hydrogen-bond acceptors (Lipinski definition) is 4. The van der Waals surface area contributed by atoms with E-state index in [1.165, 1.54) is 0 Å². The molecule has 0 saturated carbocycles. The number of benzene rings is 7. The Hall–Kier alpha value is -8.92. The Labute approximate surface area is 369 Å². The zero-order chi connectivity index (χ0) is 42.6. The molecule has 0 fully saturated rings. The monoisotopic (exact) mass is 816 g/mol. The minimum Gasteiger partial charge on any atom is -0.307 e. The van der Waals surface area contributed by atoms with Gasteiger partial charge in [-0.2, -0.15) is 5.26 Å². The molecule has 0 bridgehead atoms. The molecular weight excluding hydrogens is 781 g/mol. The molecule has 0 saturated heterocycles. The minimum absolute atomic E-state index is 0.585. The van der Waals surface area contributed by atoms with Gasteiger partial charge in [0.25, 0.3) is 0 Å². The lowest BCUT2D eigenvalue weighted by Gasteiger charge is -2.19. The van der Waals surface area contributed by atoms with E-state index in [2.05, 4.69) is 167 Å². The smallest absolute Gasteiger partial charge is 0.0991 e. The van der Waals surface area contributed by atoms with E-state index in [0.717, 1.165) is 111 Å². The van der Waals surface area contributed by atoms with Crippen molar-refractivity contribution in [2.24, 2.45) is 0 Å². The maximum Gasteiger partial charge on any atom is 0.0991 e. The van der Waals surface area contributed by atoms with Crippen LogP contribution >= 0.6 is 0 Å². The van der Waals surface area contributed by atoms with E-state index in [1.54, 1.807) is 0 Å². The van der Waals surface area contributed by atoms with Gasteiger partial charge in [-0.25, -0.2) is 0 Å². The molecule has 0 spiro atoms. The Morgan fingerprint density at radius 2 is 0.844 bits per heavy atom. The fourth-order valence-corrected chi connectivity index (χ4v) is 9.55. The lowest BCUT2D eigenvalue weighted by Crippen LogP contribution is -2.05. The first-order chi connectivity index (χ1) is 31.7. The molecule has 0 aliphatic rings. The summed E-state index contributed by atoms with van der Waals surface area (Å²) in [6.45, 7) is 0. The molecule has 6 heteroatoms. The maximum absolute atomic E-state index is 10.2. The number of nitriles is 1. The molecule has 0 aliphatic carbocycles. The molecule has 0 aliphatic heterocycles. The maximum atomic E-state index is 10.2. The molecule has 0 N–H and O–H groups in total. The minimum atomic E-state index is 0.585. The predicted molar refractivity (Wildman–Crippen MR) is 260 cm³/mol. The van der Waals surface area contributed by atoms with E-state index < -0.39 is 0 Å². The van der Waals surface area contributed by atoms with Crippen LogP contribution in [0.25, 0.3) is 111 Å². The highest BCUT2D eigenvalue weighted by molar-refractivity contribution is 6.13. The summed E-state index contributed by atoms with van der Waals surface area (Å²) >= 11 is 0. The zero-order valence-electron chi connectivity index (χ0n) is 34.5. The van der Waals surface area contributed by atoms with Gasteiger partial charge in [0, 0.05) is 61.8 Å². The van der Waals surface area contributed by atoms with Crippen LogP contribution in [0.5, 0.6) is 0 Å². The third-order valence-electron chi connectivity index (χ3n) is 12.3. The fourth-order valence-electron chi connectivity index (χ4n) is 9.55. The largest absolute Gasteiger partial charge is 0.307 e. The van der Waals surface area contributed by atoms with Crippen molar-refractivity contribution in [3.05, 3.63) is 224 Å². The standard InChI is InChI=1S/C58H36N6/c59-35-38-14-11-19-43(32-38)56-54(63-50-24-9-7-20-46(50)48-33-41(26-28-52(48)63)44-22-12-30-61-57(44)39-15-3-1-4-16-39)36-60-37-55(56)64-51-25-10-8-21-47(51)49-34-42(27-29-53(49)64)45-23-13-31-62-58(45)40-17-5-2-6-18-40/h1-34,36-37H. The molecular formula is C58H36N6. The van der Waals surface area contributed by atoms with E-state index in [9.17, 15) is 5.26 Å². The highest BCUT2D eigenvalue weighted by atomic mass is 15.0. The van der Waals surface area contributed by atoms with Crippen LogP contribution in [0.2, 0.25) is 0 Å². The van der Waals surface area contributed by atoms with Crippen LogP contribution in [-0.4, -0.2) is 24.1 Å². The normalized spacial score (nSPS) is 11.4. The van der Waals surface area contributed by atoms with Crippen molar-refractivity contribution in [3.63, 3.8) is 0 Å². The van der Waals surface area contributed by atoms with Gasteiger partial charge in [0.15, 0.2) is 0 Å². The summed E-state index contributed by atoms with van der Waals surface area (Å²) in [6, 6.07) is 69.9. The van der Waals surface area contributed by atoms with Gasteiger partial charge < -0.3 is 9.13 Å². The lowest BCUT2D eigenvalue weighted by atomic mass is 9.97. The van der Waals surface area contributed by atoms with Gasteiger partial charge in [0.2, 0.25) is 0 Å². The van der Waals surface area contributed by atoms with Crippen molar-refractivity contribution in [2.45, 2.75) is 0 Å². The summed E-state index contributed by atoms with van der Waals surface area (Å²) in [5.41, 5.74) is 16.8. The van der Waals surface area contributed by atoms with E-state index in [1.807, 2.05) is 67.3 Å². The van der Waals surface area contributed by atoms with Crippen molar-refractivity contribution in [1.82, 2.24) is 24.1 Å². The van der Waals surface area contributed by atoms with Crippen LogP contribution in [0.15, 0.2) is 219 Å². The third kappa shape index (κ3) is 5.99. The second-order valence-electron chi connectivity index (χ2n) is 15.9. The predicted octanol–water partition coefficient (Wildman–Crippen LogP) is 14.3. The molecule has 0 unspecified atom stereocenters. The summed E-state index contributed by atoms with van der Waals surface area (Å²) in [6.07, 6.45) is 7.65. The quantitative estimate of drug-likeness (QED) is 0.161. The summed E-state index contributed by atoms with van der Waals surface area (Å²) in [5.74, 6) is 0. The summed E-state index contributed by atoms with van der Waals surface area (Å²) in [4.78, 5) is 14.8. The van der Waals surface area contributed by atoms with Crippen molar-refractivity contribution >= 4 is 43.6 Å². The summed E-state index contributed by atoms with van der Waals surface area (Å²) < 4.78 is 4.67. The SMILES string of the molecule is N#Cc1cccc(-c2c(-n3c4ccccc4c4cc(-c5cccnc5-c5ccccc5)ccc43)cncc2-n2c3ccccc3c3cc(-c4cccnc4-c4ccccc4)ccc32)c1. The summed E-state index contributed by atoms with van der Waals surface area (Å²) in [7, 11) is 0. The Kier molecular flexibility index (Phi) is 8.77. The average molecular weight is 817 g/mol. The van der Waals surface area contributed by atoms with Gasteiger partial charge in [-0.3, -0.25) is 15.0 Å². The first kappa shape index (κ1) is 36.9. The molecule has 7 aromatic carbocycles. The van der Waals surface area contributed by atoms with Crippen molar-refractivity contribution < 1.29 is 0 Å². The van der Waals surface area contributed by atoms with Crippen LogP contribution in [-0.2, 0) is 0 Å². The molecule has 298 valence electrons. The van der Waals surface area contributed by atoms with Gasteiger partial charge in [0.05, 0.1) is 68.9 Å². The molecule has 5 aromatic heterocycles. The fraction of sp³-hybridized carbons (Fsp3) is 0. The van der Waals surface area contributed by atoms with E-state index in [-0.39, 0.29) is 0 Å². The Balaban J connectivity index is 1.11. The summed E-state index contributed by atoms with van der Waals surface area (Å²) in [5, 5.41) is 14.7. The van der Waals surface area contributed by atoms with Crippen LogP contribution in [0.1, 0.15) is 5.56 Å². The molecule has 5 heterocycles. The first-order valence-electron chi connectivity index (χ1n) is 21.3. The van der Waals surface area contributed by atoms with Crippen molar-refractivity contribution in [3.8, 4) is 73.3 Å². The van der Waals surface area contributed by atoms with Gasteiger partial charge in [-0.05, 0) is 77.4 Å². The van der Waals surface area contributed by atoms with Crippen LogP contribution in [0, 0.1) is 11.3 Å². The Morgan fingerprint density at radius 3 is 1.36 bits per heavy atom. The number of aromatic nitrogens is 5. The second kappa shape index (κ2) is 15.2. The lowest BCUT2D eigenvalue weighted by molar-refractivity contribution is 1.09. The van der Waals surface area contributed by atoms with Crippen molar-refractivity contribution in [1.29, 1.82) is 5.26 Å². The number of rotatable bonds is 7. The molecule has 12 aromatic rings. The molecule has 0 atom stereocenters. The zero-order valence-corrected chi connectivity index (χ0v) is 34.5. The van der Waals surface area contributed by atoms with E-state index in [0.29, 0.717) is 5.56 Å². The number of nitrogens with zero attached hydrogens (tertiary/aromatic N) is 6. The number of hydrogen-bond donors (Lipinski definition) is 0. The average Bonchev–Trinajstić information content (AvgIpc) is 3.88. The van der Waals surface area contributed by atoms with Gasteiger partial charge in [0.1, 0.15) is 0 Å². The molecule has 0 radical (unpaired) electrons. The number of para-hydroxylation sites is 2. The highest BCUT2D eigenvalue weighted by Crippen LogP contribution is 2.44. The Morgan fingerprint density at radius 1 is 0.375 bits per heavy atom. The van der Waals surface area contributed by atoms with E-state index >= 15 is 0 Å². The molecule has 64 heavy (non-hydrogen) atoms. The van der Waals surface area contributed by atoms with Gasteiger partial charge in [-0.15, -0.1) is 0 Å². The van der Waals surface area contributed by atoms with Gasteiger partial charge in [-0.1, -0.05) is 133 Å². The van der Waals surface area contributed by atoms with Crippen molar-refractivity contribution in [2.75, 3.05) is 0 Å². The first-order valence-corrected chi connectivity index (χ1v) is 21.3. The molecule has 12 rings (SSSR count). The number of fused-ring (bicyclic) bond motifs is 6. The van der Waals surface area contributed by atoms with Gasteiger partial charge >= 0.3 is 0 Å². The number of pyridine rings is 3. The Bertz CT molecular complexity index is 3580. The van der Waals surface area contributed by atoms with Crippen LogP contribution in [0.3, 0.4) is 0 Å². The molecule has 6 nitrogen and oxygen atoms in total. The second-order valence-corrected chi connectivity index (χ2v) is 15.9. The van der Waals surface area contributed by atoms with Crippen LogP contribution < -0.4 is 0 Å². The molecule has 0 amide bonds. The third-order valence-corrected chi connectivity index (χ3v) is 12.3. The van der Waals surface area contributed by atoms with Crippen LogP contribution in [0.4, 0.5) is 0 Å².